The van der Waals surface area contributed by atoms with E-state index in [4.69, 9.17) is 0 Å². The largest absolute Gasteiger partial charge is 0.469 e. The van der Waals surface area contributed by atoms with Crippen LogP contribution in [0.3, 0.4) is 0 Å². The van der Waals surface area contributed by atoms with E-state index in [1.54, 1.807) is 6.20 Å². The summed E-state index contributed by atoms with van der Waals surface area (Å²) in [6, 6.07) is 2.24. The van der Waals surface area contributed by atoms with E-state index in [0.717, 1.165) is 37.8 Å². The molecule has 1 aliphatic rings. The Morgan fingerprint density at radius 3 is 2.95 bits per heavy atom. The van der Waals surface area contributed by atoms with Gasteiger partial charge in [0.1, 0.15) is 0 Å². The van der Waals surface area contributed by atoms with Crippen molar-refractivity contribution in [1.82, 2.24) is 14.9 Å². The third kappa shape index (κ3) is 3.66. The number of esters is 1. The number of aryl methyl sites for hydroxylation is 1. The molecule has 0 spiro atoms. The first-order chi connectivity index (χ1) is 9.60. The van der Waals surface area contributed by atoms with Crippen LogP contribution in [0.15, 0.2) is 12.3 Å². The molecule has 1 fully saturated rings. The molecule has 0 N–H and O–H groups in total. The molecule has 1 unspecified atom stereocenters. The van der Waals surface area contributed by atoms with Crippen LogP contribution in [-0.4, -0.2) is 60.2 Å². The molecule has 0 bridgehead atoms. The van der Waals surface area contributed by atoms with E-state index in [-0.39, 0.29) is 5.97 Å². The maximum absolute atomic E-state index is 11.2. The van der Waals surface area contributed by atoms with Crippen LogP contribution in [0.2, 0.25) is 0 Å². The summed E-state index contributed by atoms with van der Waals surface area (Å²) in [4.78, 5) is 24.5. The summed E-state index contributed by atoms with van der Waals surface area (Å²) in [7, 11) is 1.43. The van der Waals surface area contributed by atoms with E-state index in [1.165, 1.54) is 7.11 Å². The van der Waals surface area contributed by atoms with Crippen molar-refractivity contribution in [2.24, 2.45) is 0 Å². The molecule has 1 aromatic rings. The molecular formula is C14H22N4O2. The van der Waals surface area contributed by atoms with Gasteiger partial charge in [-0.2, -0.15) is 0 Å². The van der Waals surface area contributed by atoms with Crippen molar-refractivity contribution < 1.29 is 9.53 Å². The van der Waals surface area contributed by atoms with Crippen molar-refractivity contribution in [3.8, 4) is 0 Å². The lowest BCUT2D eigenvalue weighted by Gasteiger charge is -2.39. The summed E-state index contributed by atoms with van der Waals surface area (Å²) in [5.41, 5.74) is 0.982. The van der Waals surface area contributed by atoms with Gasteiger partial charge >= 0.3 is 5.97 Å². The van der Waals surface area contributed by atoms with Gasteiger partial charge in [0.15, 0.2) is 0 Å². The topological polar surface area (TPSA) is 58.6 Å². The molecule has 1 aromatic heterocycles. The zero-order valence-electron chi connectivity index (χ0n) is 12.4. The second-order valence-corrected chi connectivity index (χ2v) is 5.17. The van der Waals surface area contributed by atoms with Crippen molar-refractivity contribution in [1.29, 1.82) is 0 Å². The van der Waals surface area contributed by atoms with Crippen molar-refractivity contribution in [2.45, 2.75) is 26.3 Å². The number of hydrogen-bond donors (Lipinski definition) is 0. The monoisotopic (exact) mass is 278 g/mol. The summed E-state index contributed by atoms with van der Waals surface area (Å²) in [5, 5.41) is 0. The molecule has 6 heteroatoms. The van der Waals surface area contributed by atoms with Gasteiger partial charge in [0.05, 0.1) is 13.5 Å². The number of aromatic nitrogens is 2. The quantitative estimate of drug-likeness (QED) is 0.761. The normalized spacial score (nSPS) is 19.9. The number of carbonyl (C=O) groups is 1. The summed E-state index contributed by atoms with van der Waals surface area (Å²) in [6.07, 6.45) is 2.25. The zero-order chi connectivity index (χ0) is 14.5. The Kier molecular flexibility index (Phi) is 4.89. The Morgan fingerprint density at radius 1 is 1.50 bits per heavy atom. The van der Waals surface area contributed by atoms with Gasteiger partial charge in [-0.1, -0.05) is 0 Å². The van der Waals surface area contributed by atoms with Crippen molar-refractivity contribution >= 4 is 11.9 Å². The molecule has 0 aromatic carbocycles. The minimum Gasteiger partial charge on any atom is -0.469 e. The molecule has 1 aliphatic heterocycles. The lowest BCUT2D eigenvalue weighted by molar-refractivity contribution is -0.141. The third-order valence-electron chi connectivity index (χ3n) is 3.61. The Bertz CT molecular complexity index is 466. The molecule has 110 valence electrons. The smallest absolute Gasteiger partial charge is 0.306 e. The van der Waals surface area contributed by atoms with Gasteiger partial charge in [0, 0.05) is 44.1 Å². The first-order valence-corrected chi connectivity index (χ1v) is 6.95. The van der Waals surface area contributed by atoms with Crippen LogP contribution >= 0.6 is 0 Å². The van der Waals surface area contributed by atoms with Gasteiger partial charge in [0.25, 0.3) is 0 Å². The highest BCUT2D eigenvalue weighted by atomic mass is 16.5. The van der Waals surface area contributed by atoms with Crippen LogP contribution < -0.4 is 4.90 Å². The highest BCUT2D eigenvalue weighted by Crippen LogP contribution is 2.16. The summed E-state index contributed by atoms with van der Waals surface area (Å²) in [5.74, 6) is 0.646. The van der Waals surface area contributed by atoms with Gasteiger partial charge in [-0.3, -0.25) is 9.69 Å². The van der Waals surface area contributed by atoms with Crippen molar-refractivity contribution in [3.05, 3.63) is 18.0 Å². The molecule has 0 amide bonds. The van der Waals surface area contributed by atoms with E-state index in [2.05, 4.69) is 31.4 Å². The van der Waals surface area contributed by atoms with E-state index in [9.17, 15) is 4.79 Å². The molecule has 2 heterocycles. The van der Waals surface area contributed by atoms with Gasteiger partial charge in [-0.05, 0) is 19.9 Å². The van der Waals surface area contributed by atoms with Crippen LogP contribution in [0.4, 0.5) is 5.95 Å². The minimum absolute atomic E-state index is 0.151. The second kappa shape index (κ2) is 6.65. The average molecular weight is 278 g/mol. The number of methoxy groups -OCH3 is 1. The SMILES string of the molecule is COC(=O)CCN1CCN(c2nccc(C)n2)C(C)C1. The van der Waals surface area contributed by atoms with E-state index >= 15 is 0 Å². The number of hydrogen-bond acceptors (Lipinski definition) is 6. The molecule has 6 nitrogen and oxygen atoms in total. The minimum atomic E-state index is -0.151. The van der Waals surface area contributed by atoms with Crippen molar-refractivity contribution in [2.75, 3.05) is 38.2 Å². The van der Waals surface area contributed by atoms with E-state index < -0.39 is 0 Å². The summed E-state index contributed by atoms with van der Waals surface area (Å²) in [6.45, 7) is 7.59. The lowest BCUT2D eigenvalue weighted by atomic mass is 10.2. The average Bonchev–Trinajstić information content (AvgIpc) is 2.44. The number of ether oxygens (including phenoxy) is 1. The fourth-order valence-corrected chi connectivity index (χ4v) is 2.46. The first kappa shape index (κ1) is 14.7. The first-order valence-electron chi connectivity index (χ1n) is 6.95. The van der Waals surface area contributed by atoms with Crippen LogP contribution in [0.1, 0.15) is 19.0 Å². The standard InChI is InChI=1S/C14H22N4O2/c1-11-4-6-15-14(16-11)18-9-8-17(10-12(18)2)7-5-13(19)20-3/h4,6,12H,5,7-10H2,1-3H3. The predicted octanol–water partition coefficient (Wildman–Crippen LogP) is 0.859. The van der Waals surface area contributed by atoms with Crippen LogP contribution in [0.5, 0.6) is 0 Å². The maximum atomic E-state index is 11.2. The van der Waals surface area contributed by atoms with Gasteiger partial charge < -0.3 is 9.64 Å². The molecule has 1 saturated heterocycles. The highest BCUT2D eigenvalue weighted by Gasteiger charge is 2.25. The molecular weight excluding hydrogens is 256 g/mol. The molecule has 20 heavy (non-hydrogen) atoms. The Balaban J connectivity index is 1.91. The molecule has 2 rings (SSSR count). The predicted molar refractivity (Wildman–Crippen MR) is 76.7 cm³/mol. The van der Waals surface area contributed by atoms with E-state index in [1.807, 2.05) is 13.0 Å². The number of carbonyl (C=O) groups excluding carboxylic acids is 1. The van der Waals surface area contributed by atoms with Crippen LogP contribution in [0, 0.1) is 6.92 Å². The summed E-state index contributed by atoms with van der Waals surface area (Å²) < 4.78 is 4.68. The lowest BCUT2D eigenvalue weighted by Crippen LogP contribution is -2.52. The maximum Gasteiger partial charge on any atom is 0.306 e. The fourth-order valence-electron chi connectivity index (χ4n) is 2.46. The highest BCUT2D eigenvalue weighted by molar-refractivity contribution is 5.69. The van der Waals surface area contributed by atoms with Gasteiger partial charge in [-0.25, -0.2) is 9.97 Å². The molecule has 0 aliphatic carbocycles. The van der Waals surface area contributed by atoms with Crippen LogP contribution in [0.25, 0.3) is 0 Å². The zero-order valence-corrected chi connectivity index (χ0v) is 12.4. The molecule has 0 saturated carbocycles. The Morgan fingerprint density at radius 2 is 2.30 bits per heavy atom. The number of anilines is 1. The number of piperazine rings is 1. The van der Waals surface area contributed by atoms with Gasteiger partial charge in [-0.15, -0.1) is 0 Å². The van der Waals surface area contributed by atoms with Gasteiger partial charge in [0.2, 0.25) is 5.95 Å². The van der Waals surface area contributed by atoms with Crippen LogP contribution in [-0.2, 0) is 9.53 Å². The second-order valence-electron chi connectivity index (χ2n) is 5.17. The Hall–Kier alpha value is -1.69. The summed E-state index contributed by atoms with van der Waals surface area (Å²) >= 11 is 0. The third-order valence-corrected chi connectivity index (χ3v) is 3.61. The Labute approximate surface area is 119 Å². The molecule has 0 radical (unpaired) electrons. The fraction of sp³-hybridized carbons (Fsp3) is 0.643. The van der Waals surface area contributed by atoms with E-state index in [0.29, 0.717) is 12.5 Å². The van der Waals surface area contributed by atoms with Crippen molar-refractivity contribution in [3.63, 3.8) is 0 Å². The number of rotatable bonds is 4. The molecule has 1 atom stereocenters. The number of nitrogens with zero attached hydrogens (tertiary/aromatic N) is 4.